The fourth-order valence-corrected chi connectivity index (χ4v) is 1.11. The van der Waals surface area contributed by atoms with Crippen LogP contribution in [0.4, 0.5) is 13.2 Å². The Bertz CT molecular complexity index is 253. The summed E-state index contributed by atoms with van der Waals surface area (Å²) in [6, 6.07) is 0. The zero-order valence-electron chi connectivity index (χ0n) is 8.67. The van der Waals surface area contributed by atoms with E-state index in [0.29, 0.717) is 0 Å². The molecule has 0 atom stereocenters. The lowest BCUT2D eigenvalue weighted by molar-refractivity contribution is -0.125. The first-order chi connectivity index (χ1) is 7.35. The van der Waals surface area contributed by atoms with E-state index in [2.05, 4.69) is 10.6 Å². The summed E-state index contributed by atoms with van der Waals surface area (Å²) in [6.45, 7) is -0.634. The van der Waals surface area contributed by atoms with E-state index in [1.807, 2.05) is 0 Å². The zero-order valence-corrected chi connectivity index (χ0v) is 10.3. The number of hydrogen-bond acceptors (Lipinski definition) is 4. The van der Waals surface area contributed by atoms with E-state index < -0.39 is 17.3 Å². The number of thioether (sulfide) groups is 1. The molecule has 17 heavy (non-hydrogen) atoms. The monoisotopic (exact) mass is 295 g/mol. The number of nitrogens with two attached hydrogens (primary N) is 1. The number of hydrogen-bond donors (Lipinski definition) is 3. The van der Waals surface area contributed by atoms with Crippen LogP contribution in [0.25, 0.3) is 0 Å². The molecule has 5 nitrogen and oxygen atoms in total. The maximum atomic E-state index is 11.7. The molecule has 0 unspecified atom stereocenters. The van der Waals surface area contributed by atoms with Gasteiger partial charge in [-0.25, -0.2) is 0 Å². The van der Waals surface area contributed by atoms with Crippen LogP contribution < -0.4 is 16.4 Å². The third-order valence-corrected chi connectivity index (χ3v) is 2.06. The molecule has 0 saturated heterocycles. The minimum absolute atomic E-state index is 0. The summed E-state index contributed by atoms with van der Waals surface area (Å²) < 4.78 is 35.0. The van der Waals surface area contributed by atoms with E-state index in [0.717, 1.165) is 0 Å². The van der Waals surface area contributed by atoms with Gasteiger partial charge in [0.2, 0.25) is 11.8 Å². The normalized spacial score (nSPS) is 10.4. The van der Waals surface area contributed by atoms with Crippen molar-refractivity contribution in [2.45, 2.75) is 5.51 Å². The molecule has 0 radical (unpaired) electrons. The molecule has 10 heteroatoms. The standard InChI is InChI=1S/C7H12F3N3O2S.ClH/c8-7(9,10)16-2-1-12-6(15)4-13-5(14)3-11;/h1-4,11H2,(H,12,15)(H,13,14);1H. The summed E-state index contributed by atoms with van der Waals surface area (Å²) in [4.78, 5) is 21.5. The van der Waals surface area contributed by atoms with Crippen molar-refractivity contribution < 1.29 is 22.8 Å². The number of rotatable bonds is 6. The third-order valence-electron chi connectivity index (χ3n) is 1.32. The average molecular weight is 296 g/mol. The highest BCUT2D eigenvalue weighted by Crippen LogP contribution is 2.29. The molecule has 0 aromatic rings. The number of nitrogens with one attached hydrogen (secondary N) is 2. The average Bonchev–Trinajstić information content (AvgIpc) is 2.19. The highest BCUT2D eigenvalue weighted by molar-refractivity contribution is 8.00. The van der Waals surface area contributed by atoms with Crippen LogP contribution in [0.2, 0.25) is 0 Å². The van der Waals surface area contributed by atoms with Gasteiger partial charge in [0.25, 0.3) is 0 Å². The second-order valence-corrected chi connectivity index (χ2v) is 3.78. The topological polar surface area (TPSA) is 84.2 Å². The van der Waals surface area contributed by atoms with Crippen molar-refractivity contribution in [3.63, 3.8) is 0 Å². The minimum atomic E-state index is -4.29. The van der Waals surface area contributed by atoms with E-state index in [4.69, 9.17) is 5.73 Å². The first-order valence-electron chi connectivity index (χ1n) is 4.29. The molecule has 0 aliphatic heterocycles. The Labute approximate surface area is 106 Å². The molecular formula is C7H13ClF3N3O2S. The predicted molar refractivity (Wildman–Crippen MR) is 60.8 cm³/mol. The first-order valence-corrected chi connectivity index (χ1v) is 5.28. The molecule has 102 valence electrons. The summed E-state index contributed by atoms with van der Waals surface area (Å²) in [5.74, 6) is -1.32. The molecule has 0 fully saturated rings. The Morgan fingerprint density at radius 2 is 1.76 bits per heavy atom. The van der Waals surface area contributed by atoms with E-state index in [1.54, 1.807) is 0 Å². The fraction of sp³-hybridized carbons (Fsp3) is 0.714. The van der Waals surface area contributed by atoms with Crippen LogP contribution >= 0.6 is 24.2 Å². The Kier molecular flexibility index (Phi) is 10.3. The summed E-state index contributed by atoms with van der Waals surface area (Å²) in [7, 11) is 0. The molecule has 2 amide bonds. The number of amides is 2. The van der Waals surface area contributed by atoms with E-state index in [1.165, 1.54) is 0 Å². The largest absolute Gasteiger partial charge is 0.441 e. The highest BCUT2D eigenvalue weighted by Gasteiger charge is 2.27. The van der Waals surface area contributed by atoms with Gasteiger partial charge in [0, 0.05) is 12.3 Å². The maximum Gasteiger partial charge on any atom is 0.441 e. The Morgan fingerprint density at radius 3 is 2.24 bits per heavy atom. The van der Waals surface area contributed by atoms with Gasteiger partial charge in [-0.2, -0.15) is 13.2 Å². The molecule has 0 rings (SSSR count). The van der Waals surface area contributed by atoms with E-state index in [-0.39, 0.29) is 49.6 Å². The van der Waals surface area contributed by atoms with Crippen LogP contribution in [0.1, 0.15) is 0 Å². The number of carbonyl (C=O) groups is 2. The van der Waals surface area contributed by atoms with Crippen molar-refractivity contribution in [2.75, 3.05) is 25.4 Å². The van der Waals surface area contributed by atoms with Gasteiger partial charge in [-0.15, -0.1) is 12.4 Å². The van der Waals surface area contributed by atoms with Crippen LogP contribution in [-0.2, 0) is 9.59 Å². The second-order valence-electron chi connectivity index (χ2n) is 2.63. The summed E-state index contributed by atoms with van der Waals surface area (Å²) in [5.41, 5.74) is 0.663. The molecule has 0 aliphatic rings. The Balaban J connectivity index is 0. The number of alkyl halides is 3. The van der Waals surface area contributed by atoms with Gasteiger partial charge < -0.3 is 16.4 Å². The zero-order chi connectivity index (χ0) is 12.6. The van der Waals surface area contributed by atoms with E-state index >= 15 is 0 Å². The third kappa shape index (κ3) is 13.3. The molecule has 0 saturated carbocycles. The summed E-state index contributed by atoms with van der Waals surface area (Å²) >= 11 is -0.218. The van der Waals surface area contributed by atoms with Crippen molar-refractivity contribution in [1.82, 2.24) is 10.6 Å². The molecule has 0 aliphatic carbocycles. The SMILES string of the molecule is Cl.NCC(=O)NCC(=O)NCCSC(F)(F)F. The van der Waals surface area contributed by atoms with Gasteiger partial charge in [0.15, 0.2) is 0 Å². The van der Waals surface area contributed by atoms with Crippen molar-refractivity contribution in [2.24, 2.45) is 5.73 Å². The Hall–Kier alpha value is -0.670. The van der Waals surface area contributed by atoms with Crippen LogP contribution in [0, 0.1) is 0 Å². The maximum absolute atomic E-state index is 11.7. The number of carbonyl (C=O) groups excluding carboxylic acids is 2. The minimum Gasteiger partial charge on any atom is -0.354 e. The predicted octanol–water partition coefficient (Wildman–Crippen LogP) is -0.148. The van der Waals surface area contributed by atoms with Crippen LogP contribution in [0.5, 0.6) is 0 Å². The van der Waals surface area contributed by atoms with E-state index in [9.17, 15) is 22.8 Å². The Morgan fingerprint density at radius 1 is 1.18 bits per heavy atom. The van der Waals surface area contributed by atoms with Crippen molar-refractivity contribution >= 4 is 36.0 Å². The van der Waals surface area contributed by atoms with Crippen LogP contribution in [0.3, 0.4) is 0 Å². The lowest BCUT2D eigenvalue weighted by atomic mass is 10.5. The smallest absolute Gasteiger partial charge is 0.354 e. The second kappa shape index (κ2) is 9.37. The summed E-state index contributed by atoms with van der Waals surface area (Å²) in [6.07, 6.45) is 0. The molecule has 0 heterocycles. The van der Waals surface area contributed by atoms with Crippen molar-refractivity contribution in [1.29, 1.82) is 0 Å². The van der Waals surface area contributed by atoms with Gasteiger partial charge >= 0.3 is 5.51 Å². The van der Waals surface area contributed by atoms with Gasteiger partial charge in [0.05, 0.1) is 13.1 Å². The first kappa shape index (κ1) is 18.7. The van der Waals surface area contributed by atoms with Crippen molar-refractivity contribution in [3.05, 3.63) is 0 Å². The van der Waals surface area contributed by atoms with Gasteiger partial charge in [-0.3, -0.25) is 9.59 Å². The number of halogens is 4. The molecule has 4 N–H and O–H groups in total. The summed E-state index contributed by atoms with van der Waals surface area (Å²) in [5, 5.41) is 4.40. The fourth-order valence-electron chi connectivity index (χ4n) is 0.671. The molecular weight excluding hydrogens is 283 g/mol. The lowest BCUT2D eigenvalue weighted by Crippen LogP contribution is -2.40. The molecule has 0 bridgehead atoms. The van der Waals surface area contributed by atoms with Gasteiger partial charge in [0.1, 0.15) is 0 Å². The lowest BCUT2D eigenvalue weighted by Gasteiger charge is -2.07. The quantitative estimate of drug-likeness (QED) is 0.595. The highest BCUT2D eigenvalue weighted by atomic mass is 35.5. The molecule has 0 aromatic heterocycles. The van der Waals surface area contributed by atoms with Gasteiger partial charge in [-0.05, 0) is 11.8 Å². The van der Waals surface area contributed by atoms with Crippen molar-refractivity contribution in [3.8, 4) is 0 Å². The molecule has 0 aromatic carbocycles. The molecule has 0 spiro atoms. The van der Waals surface area contributed by atoms with Crippen LogP contribution in [-0.4, -0.2) is 42.7 Å². The van der Waals surface area contributed by atoms with Crippen LogP contribution in [0.15, 0.2) is 0 Å². The van der Waals surface area contributed by atoms with Gasteiger partial charge in [-0.1, -0.05) is 0 Å².